The van der Waals surface area contributed by atoms with Gasteiger partial charge >= 0.3 is 0 Å². The van der Waals surface area contributed by atoms with Crippen LogP contribution in [0.1, 0.15) is 46.5 Å². The largest absolute Gasteiger partial charge is 0.394 e. The minimum Gasteiger partial charge on any atom is -0.394 e. The van der Waals surface area contributed by atoms with Crippen molar-refractivity contribution < 1.29 is 4.79 Å². The van der Waals surface area contributed by atoms with E-state index in [-0.39, 0.29) is 30.1 Å². The lowest BCUT2D eigenvalue weighted by molar-refractivity contribution is -0.122. The van der Waals surface area contributed by atoms with Gasteiger partial charge in [-0.2, -0.15) is 4.98 Å². The molecule has 0 saturated heterocycles. The number of amides is 1. The van der Waals surface area contributed by atoms with Crippen molar-refractivity contribution in [2.75, 3.05) is 16.0 Å². The number of primary amides is 1. The van der Waals surface area contributed by atoms with Gasteiger partial charge in [-0.05, 0) is 46.5 Å². The van der Waals surface area contributed by atoms with E-state index in [1.165, 1.54) is 0 Å². The Morgan fingerprint density at radius 1 is 1.29 bits per heavy atom. The molecule has 1 heterocycles. The van der Waals surface area contributed by atoms with E-state index < -0.39 is 0 Å². The summed E-state index contributed by atoms with van der Waals surface area (Å²) in [5, 5.41) is 3.18. The Morgan fingerprint density at radius 2 is 1.92 bits per heavy atom. The summed E-state index contributed by atoms with van der Waals surface area (Å²) in [6, 6.07) is 0.404. The molecule has 1 aliphatic carbocycles. The highest BCUT2D eigenvalue weighted by molar-refractivity contribution is 5.76. The molecule has 7 N–H and O–H groups in total. The first-order chi connectivity index (χ1) is 11.3. The molecule has 1 atom stereocenters. The smallest absolute Gasteiger partial charge is 0.224 e. The van der Waals surface area contributed by atoms with Crippen molar-refractivity contribution in [2.45, 2.75) is 64.7 Å². The van der Waals surface area contributed by atoms with Crippen molar-refractivity contribution in [1.29, 1.82) is 0 Å². The molecule has 0 aromatic carbocycles. The fourth-order valence-electron chi connectivity index (χ4n) is 3.25. The predicted molar refractivity (Wildman–Crippen MR) is 96.3 cm³/mol. The van der Waals surface area contributed by atoms with Gasteiger partial charge in [0, 0.05) is 18.0 Å². The summed E-state index contributed by atoms with van der Waals surface area (Å²) in [6.07, 6.45) is 4.58. The molecule has 1 amide bonds. The van der Waals surface area contributed by atoms with Crippen molar-refractivity contribution in [1.82, 2.24) is 9.97 Å². The van der Waals surface area contributed by atoms with Crippen LogP contribution in [-0.4, -0.2) is 34.1 Å². The molecule has 1 fully saturated rings. The molecule has 24 heavy (non-hydrogen) atoms. The number of carbonyl (C=O) groups excluding carboxylic acids is 1. The Kier molecular flexibility index (Phi) is 5.82. The van der Waals surface area contributed by atoms with Gasteiger partial charge in [-0.25, -0.2) is 4.98 Å². The Balaban J connectivity index is 2.23. The summed E-state index contributed by atoms with van der Waals surface area (Å²) in [4.78, 5) is 22.2. The quantitative estimate of drug-likeness (QED) is 0.570. The van der Waals surface area contributed by atoms with Gasteiger partial charge in [-0.1, -0.05) is 0 Å². The van der Waals surface area contributed by atoms with Gasteiger partial charge in [0.05, 0.1) is 18.1 Å². The number of hydrogen-bond donors (Lipinski definition) is 4. The highest BCUT2D eigenvalue weighted by Gasteiger charge is 2.31. The third-order valence-corrected chi connectivity index (χ3v) is 4.39. The summed E-state index contributed by atoms with van der Waals surface area (Å²) in [7, 11) is 0. The minimum absolute atomic E-state index is 0.0444. The lowest BCUT2D eigenvalue weighted by Gasteiger charge is -2.39. The number of nitrogens with zero attached hydrogens (tertiary/aromatic N) is 3. The van der Waals surface area contributed by atoms with Crippen LogP contribution < -0.4 is 27.4 Å². The van der Waals surface area contributed by atoms with Crippen LogP contribution >= 0.6 is 0 Å². The number of hydrogen-bond acceptors (Lipinski definition) is 7. The van der Waals surface area contributed by atoms with Gasteiger partial charge in [0.2, 0.25) is 11.9 Å². The number of nitrogen functional groups attached to an aromatic ring is 1. The fraction of sp³-hybridized carbons (Fsp3) is 0.688. The van der Waals surface area contributed by atoms with E-state index in [0.29, 0.717) is 17.5 Å². The molecule has 1 aromatic rings. The van der Waals surface area contributed by atoms with Gasteiger partial charge in [0.25, 0.3) is 0 Å². The van der Waals surface area contributed by atoms with E-state index in [4.69, 9.17) is 17.2 Å². The van der Waals surface area contributed by atoms with E-state index >= 15 is 0 Å². The van der Waals surface area contributed by atoms with E-state index in [2.05, 4.69) is 15.3 Å². The molecule has 8 heteroatoms. The summed E-state index contributed by atoms with van der Waals surface area (Å²) in [5.74, 6) is 0.916. The Bertz CT molecular complexity index is 568. The molecule has 134 valence electrons. The maximum atomic E-state index is 11.4. The molecule has 8 nitrogen and oxygen atoms in total. The standard InChI is InChI=1S/C16H29N7O/c1-9(2)21-16-20-8-13(18)15(22-16)23(10(3)17)12-6-4-11(5-7-12)14(19)24/h8-12H,4-7,17-18H2,1-3H3,(H2,19,24)(H,20,21,22). The maximum Gasteiger partial charge on any atom is 0.224 e. The zero-order chi connectivity index (χ0) is 17.9. The maximum absolute atomic E-state index is 11.4. The van der Waals surface area contributed by atoms with Crippen LogP contribution in [0.4, 0.5) is 17.5 Å². The SMILES string of the molecule is CC(C)Nc1ncc(N)c(N(C(C)N)C2CCC(C(N)=O)CC2)n1. The van der Waals surface area contributed by atoms with Crippen molar-refractivity contribution in [3.05, 3.63) is 6.20 Å². The van der Waals surface area contributed by atoms with Crippen molar-refractivity contribution in [3.63, 3.8) is 0 Å². The fourth-order valence-corrected chi connectivity index (χ4v) is 3.25. The average Bonchev–Trinajstić information content (AvgIpc) is 2.50. The lowest BCUT2D eigenvalue weighted by atomic mass is 9.84. The van der Waals surface area contributed by atoms with E-state index in [9.17, 15) is 4.79 Å². The Hall–Kier alpha value is -2.09. The third kappa shape index (κ3) is 4.25. The number of nitrogens with two attached hydrogens (primary N) is 3. The van der Waals surface area contributed by atoms with Gasteiger partial charge in [0.15, 0.2) is 5.82 Å². The molecule has 1 aromatic heterocycles. The van der Waals surface area contributed by atoms with Crippen molar-refractivity contribution >= 4 is 23.4 Å². The molecule has 2 rings (SSSR count). The Morgan fingerprint density at radius 3 is 2.42 bits per heavy atom. The average molecular weight is 335 g/mol. The molecular weight excluding hydrogens is 306 g/mol. The molecule has 1 aliphatic rings. The van der Waals surface area contributed by atoms with Gasteiger partial charge in [0.1, 0.15) is 0 Å². The van der Waals surface area contributed by atoms with Crippen LogP contribution in [0.5, 0.6) is 0 Å². The zero-order valence-corrected chi connectivity index (χ0v) is 14.7. The number of anilines is 3. The molecule has 0 radical (unpaired) electrons. The minimum atomic E-state index is -0.246. The molecule has 0 spiro atoms. The van der Waals surface area contributed by atoms with Crippen LogP contribution in [0.2, 0.25) is 0 Å². The third-order valence-electron chi connectivity index (χ3n) is 4.39. The lowest BCUT2D eigenvalue weighted by Crippen LogP contribution is -2.49. The van der Waals surface area contributed by atoms with Crippen molar-refractivity contribution in [3.8, 4) is 0 Å². The summed E-state index contributed by atoms with van der Waals surface area (Å²) in [5.41, 5.74) is 18.3. The highest BCUT2D eigenvalue weighted by atomic mass is 16.1. The second-order valence-corrected chi connectivity index (χ2v) is 6.83. The highest BCUT2D eigenvalue weighted by Crippen LogP contribution is 2.33. The van der Waals surface area contributed by atoms with Crippen LogP contribution in [0, 0.1) is 5.92 Å². The van der Waals surface area contributed by atoms with Crippen LogP contribution in [0.15, 0.2) is 6.20 Å². The second-order valence-electron chi connectivity index (χ2n) is 6.83. The zero-order valence-electron chi connectivity index (χ0n) is 14.7. The number of aromatic nitrogens is 2. The molecule has 1 unspecified atom stereocenters. The topological polar surface area (TPSA) is 136 Å². The van der Waals surface area contributed by atoms with Crippen LogP contribution in [0.3, 0.4) is 0 Å². The van der Waals surface area contributed by atoms with Crippen LogP contribution in [-0.2, 0) is 4.79 Å². The first-order valence-corrected chi connectivity index (χ1v) is 8.51. The summed E-state index contributed by atoms with van der Waals surface area (Å²) < 4.78 is 0. The second kappa shape index (κ2) is 7.65. The van der Waals surface area contributed by atoms with Crippen LogP contribution in [0.25, 0.3) is 0 Å². The number of nitrogens with one attached hydrogen (secondary N) is 1. The number of rotatable bonds is 6. The van der Waals surface area contributed by atoms with E-state index in [0.717, 1.165) is 25.7 Å². The van der Waals surface area contributed by atoms with Gasteiger partial charge in [-0.3, -0.25) is 4.79 Å². The first kappa shape index (κ1) is 18.3. The summed E-state index contributed by atoms with van der Waals surface area (Å²) in [6.45, 7) is 5.96. The Labute approximate surface area is 143 Å². The molecule has 1 saturated carbocycles. The molecule has 0 bridgehead atoms. The monoisotopic (exact) mass is 335 g/mol. The van der Waals surface area contributed by atoms with E-state index in [1.54, 1.807) is 6.20 Å². The number of carbonyl (C=O) groups is 1. The summed E-state index contributed by atoms with van der Waals surface area (Å²) >= 11 is 0. The molecule has 0 aliphatic heterocycles. The molecular formula is C16H29N7O. The first-order valence-electron chi connectivity index (χ1n) is 8.51. The van der Waals surface area contributed by atoms with Gasteiger partial charge in [-0.15, -0.1) is 0 Å². The van der Waals surface area contributed by atoms with E-state index in [1.807, 2.05) is 25.7 Å². The normalized spacial score (nSPS) is 22.2. The van der Waals surface area contributed by atoms with Crippen molar-refractivity contribution in [2.24, 2.45) is 17.4 Å². The van der Waals surface area contributed by atoms with Gasteiger partial charge < -0.3 is 27.4 Å². The predicted octanol–water partition coefficient (Wildman–Crippen LogP) is 1.03.